The molecular formula is C21H16F4N6OS. The van der Waals surface area contributed by atoms with Gasteiger partial charge < -0.3 is 9.13 Å². The summed E-state index contributed by atoms with van der Waals surface area (Å²) in [5.74, 6) is -0.980. The first-order chi connectivity index (χ1) is 15.7. The lowest BCUT2D eigenvalue weighted by Crippen LogP contribution is -2.17. The number of carbonyl (C=O) groups excluding carboxylic acids is 1. The average Bonchev–Trinajstić information content (AvgIpc) is 3.47. The molecule has 7 nitrogen and oxygen atoms in total. The fourth-order valence-electron chi connectivity index (χ4n) is 3.00. The summed E-state index contributed by atoms with van der Waals surface area (Å²) in [5, 5.41) is 4.76. The van der Waals surface area contributed by atoms with Crippen LogP contribution in [0.25, 0.3) is 12.2 Å². The Morgan fingerprint density at radius 3 is 2.79 bits per heavy atom. The van der Waals surface area contributed by atoms with E-state index in [1.807, 2.05) is 0 Å². The maximum Gasteiger partial charge on any atom is 0.406 e. The lowest BCUT2D eigenvalue weighted by molar-refractivity contribution is -0.140. The lowest BCUT2D eigenvalue weighted by atomic mass is 10.2. The molecule has 0 spiro atoms. The Kier molecular flexibility index (Phi) is 6.36. The zero-order valence-electron chi connectivity index (χ0n) is 16.8. The molecule has 1 amide bonds. The van der Waals surface area contributed by atoms with Crippen LogP contribution in [0.15, 0.2) is 54.6 Å². The van der Waals surface area contributed by atoms with Gasteiger partial charge in [0.25, 0.3) is 5.91 Å². The zero-order valence-corrected chi connectivity index (χ0v) is 17.6. The highest BCUT2D eigenvalue weighted by Gasteiger charge is 2.27. The van der Waals surface area contributed by atoms with Crippen molar-refractivity contribution in [1.82, 2.24) is 24.1 Å². The van der Waals surface area contributed by atoms with Crippen LogP contribution in [0.5, 0.6) is 0 Å². The van der Waals surface area contributed by atoms with Crippen LogP contribution in [0.4, 0.5) is 22.7 Å². The van der Waals surface area contributed by atoms with Crippen molar-refractivity contribution in [2.24, 2.45) is 0 Å². The van der Waals surface area contributed by atoms with Crippen LogP contribution in [0.2, 0.25) is 0 Å². The molecule has 4 heterocycles. The number of halogens is 4. The van der Waals surface area contributed by atoms with Gasteiger partial charge in [-0.25, -0.2) is 15.0 Å². The Labute approximate surface area is 189 Å². The van der Waals surface area contributed by atoms with Crippen molar-refractivity contribution in [2.75, 3.05) is 5.32 Å². The van der Waals surface area contributed by atoms with Gasteiger partial charge in [0.05, 0.1) is 17.7 Å². The van der Waals surface area contributed by atoms with Gasteiger partial charge in [0, 0.05) is 30.5 Å². The molecule has 1 N–H and O–H groups in total. The van der Waals surface area contributed by atoms with Crippen LogP contribution in [0, 0.1) is 5.95 Å². The van der Waals surface area contributed by atoms with Gasteiger partial charge in [-0.2, -0.15) is 17.6 Å². The van der Waals surface area contributed by atoms with E-state index >= 15 is 0 Å². The molecule has 0 fully saturated rings. The smallest absolute Gasteiger partial charge is 0.339 e. The fraction of sp³-hybridized carbons (Fsp3) is 0.143. The summed E-state index contributed by atoms with van der Waals surface area (Å²) < 4.78 is 53.2. The minimum atomic E-state index is -4.32. The second kappa shape index (κ2) is 9.36. The van der Waals surface area contributed by atoms with Gasteiger partial charge in [0.2, 0.25) is 5.95 Å². The van der Waals surface area contributed by atoms with Gasteiger partial charge in [-0.15, -0.1) is 11.3 Å². The van der Waals surface area contributed by atoms with Gasteiger partial charge in [0.1, 0.15) is 12.2 Å². The molecule has 0 saturated carbocycles. The number of anilines is 1. The van der Waals surface area contributed by atoms with E-state index in [4.69, 9.17) is 0 Å². The number of nitrogens with one attached hydrogen (secondary N) is 1. The second-order valence-corrected chi connectivity index (χ2v) is 7.82. The Morgan fingerprint density at radius 2 is 2.00 bits per heavy atom. The number of aromatic nitrogens is 5. The van der Waals surface area contributed by atoms with Gasteiger partial charge in [-0.3, -0.25) is 10.1 Å². The third-order valence-electron chi connectivity index (χ3n) is 4.39. The van der Waals surface area contributed by atoms with Crippen LogP contribution in [-0.2, 0) is 13.1 Å². The summed E-state index contributed by atoms with van der Waals surface area (Å²) in [7, 11) is 0. The third-order valence-corrected chi connectivity index (χ3v) is 5.16. The van der Waals surface area contributed by atoms with Gasteiger partial charge in [-0.05, 0) is 42.0 Å². The van der Waals surface area contributed by atoms with Crippen molar-refractivity contribution in [2.45, 2.75) is 19.3 Å². The molecule has 12 heteroatoms. The molecule has 4 aromatic rings. The molecule has 33 heavy (non-hydrogen) atoms. The van der Waals surface area contributed by atoms with Crippen molar-refractivity contribution in [3.05, 3.63) is 83.2 Å². The van der Waals surface area contributed by atoms with E-state index in [0.29, 0.717) is 34.3 Å². The minimum Gasteiger partial charge on any atom is -0.339 e. The number of rotatable bonds is 7. The largest absolute Gasteiger partial charge is 0.406 e. The number of hydrogen-bond donors (Lipinski definition) is 1. The first kappa shape index (κ1) is 22.4. The van der Waals surface area contributed by atoms with Gasteiger partial charge in [-0.1, -0.05) is 0 Å². The van der Waals surface area contributed by atoms with Gasteiger partial charge >= 0.3 is 6.18 Å². The minimum absolute atomic E-state index is 0.294. The molecule has 0 unspecified atom stereocenters. The highest BCUT2D eigenvalue weighted by molar-refractivity contribution is 7.14. The summed E-state index contributed by atoms with van der Waals surface area (Å²) in [6.45, 7) is -0.819. The second-order valence-electron chi connectivity index (χ2n) is 6.96. The van der Waals surface area contributed by atoms with Crippen molar-refractivity contribution in [1.29, 1.82) is 0 Å². The molecule has 0 aliphatic carbocycles. The Bertz CT molecular complexity index is 1290. The maximum atomic E-state index is 13.3. The Balaban J connectivity index is 1.39. The normalized spacial score (nSPS) is 11.9. The van der Waals surface area contributed by atoms with Crippen LogP contribution < -0.4 is 5.32 Å². The van der Waals surface area contributed by atoms with Crippen LogP contribution in [0.1, 0.15) is 27.4 Å². The number of thiazole rings is 1. The van der Waals surface area contributed by atoms with Crippen LogP contribution in [-0.4, -0.2) is 36.2 Å². The van der Waals surface area contributed by atoms with Crippen molar-refractivity contribution in [3.8, 4) is 0 Å². The predicted octanol–water partition coefficient (Wildman–Crippen LogP) is 4.71. The molecule has 0 aromatic carbocycles. The third kappa shape index (κ3) is 6.13. The first-order valence-electron chi connectivity index (χ1n) is 9.54. The first-order valence-corrected chi connectivity index (χ1v) is 10.4. The van der Waals surface area contributed by atoms with Crippen LogP contribution in [0.3, 0.4) is 0 Å². The standard InChI is InChI=1S/C21H16F4N6OS/c22-18-8-14(5-6-26-18)9-31-7-1-2-17(31)19(32)29-20-28-16(11-33-20)4-3-15-10-30(13-27-15)12-21(23,24)25/h1-8,10-11,13H,9,12H2,(H,28,29,32)/b4-3+. The molecule has 0 saturated heterocycles. The summed E-state index contributed by atoms with van der Waals surface area (Å²) in [6, 6.07) is 6.31. The highest BCUT2D eigenvalue weighted by atomic mass is 32.1. The molecule has 0 radical (unpaired) electrons. The molecule has 0 aliphatic heterocycles. The Morgan fingerprint density at radius 1 is 1.18 bits per heavy atom. The highest BCUT2D eigenvalue weighted by Crippen LogP contribution is 2.20. The lowest BCUT2D eigenvalue weighted by Gasteiger charge is -2.09. The van der Waals surface area contributed by atoms with E-state index in [0.717, 1.165) is 10.9 Å². The maximum absolute atomic E-state index is 13.3. The quantitative estimate of drug-likeness (QED) is 0.310. The van der Waals surface area contributed by atoms with E-state index in [1.165, 1.54) is 35.9 Å². The topological polar surface area (TPSA) is 77.6 Å². The molecular weight excluding hydrogens is 460 g/mol. The summed E-state index contributed by atoms with van der Waals surface area (Å²) in [6.07, 6.45) is 4.26. The molecule has 0 bridgehead atoms. The van der Waals surface area contributed by atoms with E-state index in [1.54, 1.807) is 40.4 Å². The summed E-state index contributed by atoms with van der Waals surface area (Å²) >= 11 is 1.20. The zero-order chi connectivity index (χ0) is 23.4. The number of hydrogen-bond acceptors (Lipinski definition) is 5. The van der Waals surface area contributed by atoms with Crippen molar-refractivity contribution >= 4 is 34.5 Å². The van der Waals surface area contributed by atoms with E-state index in [9.17, 15) is 22.4 Å². The number of amides is 1. The SMILES string of the molecule is O=C(Nc1nc(/C=C/c2cn(CC(F)(F)F)cn2)cs1)c1cccn1Cc1ccnc(F)c1. The summed E-state index contributed by atoms with van der Waals surface area (Å²) in [5.41, 5.74) is 1.90. The fourth-order valence-corrected chi connectivity index (χ4v) is 3.68. The molecule has 4 rings (SSSR count). The molecule has 0 aliphatic rings. The van der Waals surface area contributed by atoms with Crippen LogP contribution >= 0.6 is 11.3 Å². The number of imidazole rings is 1. The molecule has 0 atom stereocenters. The summed E-state index contributed by atoms with van der Waals surface area (Å²) in [4.78, 5) is 24.4. The van der Waals surface area contributed by atoms with Crippen molar-refractivity contribution in [3.63, 3.8) is 0 Å². The van der Waals surface area contributed by atoms with E-state index < -0.39 is 18.7 Å². The molecule has 170 valence electrons. The molecule has 4 aromatic heterocycles. The number of carbonyl (C=O) groups is 1. The van der Waals surface area contributed by atoms with E-state index in [-0.39, 0.29) is 5.91 Å². The predicted molar refractivity (Wildman–Crippen MR) is 115 cm³/mol. The number of pyridine rings is 1. The number of nitrogens with zero attached hydrogens (tertiary/aromatic N) is 5. The average molecular weight is 476 g/mol. The van der Waals surface area contributed by atoms with E-state index in [2.05, 4.69) is 20.3 Å². The Hall–Kier alpha value is -3.80. The number of alkyl halides is 3. The van der Waals surface area contributed by atoms with Gasteiger partial charge in [0.15, 0.2) is 5.13 Å². The monoisotopic (exact) mass is 476 g/mol. The van der Waals surface area contributed by atoms with Crippen molar-refractivity contribution < 1.29 is 22.4 Å².